The van der Waals surface area contributed by atoms with E-state index in [2.05, 4.69) is 34.9 Å². The molecule has 6 heteroatoms. The molecule has 0 radical (unpaired) electrons. The summed E-state index contributed by atoms with van der Waals surface area (Å²) >= 11 is 6.41. The highest BCUT2D eigenvalue weighted by Gasteiger charge is 2.33. The van der Waals surface area contributed by atoms with Gasteiger partial charge in [0.25, 0.3) is 0 Å². The zero-order chi connectivity index (χ0) is 17.6. The summed E-state index contributed by atoms with van der Waals surface area (Å²) in [5.74, 6) is 1.49. The molecule has 0 aromatic carbocycles. The Kier molecular flexibility index (Phi) is 4.28. The van der Waals surface area contributed by atoms with E-state index in [-0.39, 0.29) is 5.95 Å². The maximum absolute atomic E-state index is 6.41. The van der Waals surface area contributed by atoms with Crippen LogP contribution in [0.2, 0.25) is 5.15 Å². The quantitative estimate of drug-likeness (QED) is 0.843. The highest BCUT2D eigenvalue weighted by atomic mass is 35.5. The molecule has 1 aliphatic heterocycles. The van der Waals surface area contributed by atoms with Gasteiger partial charge in [-0.15, -0.1) is 0 Å². The monoisotopic (exact) mass is 357 g/mol. The van der Waals surface area contributed by atoms with Gasteiger partial charge in [0, 0.05) is 24.2 Å². The number of anilines is 2. The van der Waals surface area contributed by atoms with Gasteiger partial charge in [-0.05, 0) is 49.3 Å². The lowest BCUT2D eigenvalue weighted by Crippen LogP contribution is -2.23. The van der Waals surface area contributed by atoms with Gasteiger partial charge in [-0.3, -0.25) is 4.98 Å². The van der Waals surface area contributed by atoms with E-state index in [0.29, 0.717) is 11.1 Å². The number of fused-ring (bicyclic) bond motifs is 2. The van der Waals surface area contributed by atoms with Gasteiger partial charge in [0.1, 0.15) is 11.0 Å². The van der Waals surface area contributed by atoms with E-state index < -0.39 is 0 Å². The SMILES string of the molecule is CCCC1CN(Cc2ncc3c(c2C)CCC3)c2nc(N)nc(Cl)c21. The Morgan fingerprint density at radius 3 is 2.96 bits per heavy atom. The first-order valence-electron chi connectivity index (χ1n) is 9.12. The predicted molar refractivity (Wildman–Crippen MR) is 101 cm³/mol. The molecule has 25 heavy (non-hydrogen) atoms. The number of hydrogen-bond donors (Lipinski definition) is 1. The van der Waals surface area contributed by atoms with Crippen molar-refractivity contribution < 1.29 is 0 Å². The van der Waals surface area contributed by atoms with E-state index in [0.717, 1.165) is 49.4 Å². The molecule has 0 saturated carbocycles. The van der Waals surface area contributed by atoms with E-state index in [9.17, 15) is 0 Å². The van der Waals surface area contributed by atoms with E-state index in [1.165, 1.54) is 29.5 Å². The zero-order valence-corrected chi connectivity index (χ0v) is 15.6. The highest BCUT2D eigenvalue weighted by Crippen LogP contribution is 2.42. The Labute approximate surface area is 153 Å². The molecule has 0 amide bonds. The summed E-state index contributed by atoms with van der Waals surface area (Å²) in [5.41, 5.74) is 12.3. The van der Waals surface area contributed by atoms with Gasteiger partial charge >= 0.3 is 0 Å². The molecule has 5 nitrogen and oxygen atoms in total. The average molecular weight is 358 g/mol. The molecule has 2 aromatic heterocycles. The minimum absolute atomic E-state index is 0.240. The number of rotatable bonds is 4. The zero-order valence-electron chi connectivity index (χ0n) is 14.8. The first kappa shape index (κ1) is 16.6. The Hall–Kier alpha value is -1.88. The molecule has 2 N–H and O–H groups in total. The minimum atomic E-state index is 0.240. The molecule has 1 aliphatic carbocycles. The van der Waals surface area contributed by atoms with Crippen molar-refractivity contribution in [2.45, 2.75) is 58.4 Å². The second-order valence-corrected chi connectivity index (χ2v) is 7.52. The smallest absolute Gasteiger partial charge is 0.223 e. The standard InChI is InChI=1S/C19H24ClN5/c1-3-5-13-9-25(18-16(13)17(20)23-19(21)24-18)10-15-11(2)14-7-4-6-12(14)8-22-15/h8,13H,3-7,9-10H2,1-2H3,(H2,21,23,24). The number of nitrogens with two attached hydrogens (primary N) is 1. The second-order valence-electron chi connectivity index (χ2n) is 7.16. The van der Waals surface area contributed by atoms with Crippen molar-refractivity contribution in [3.63, 3.8) is 0 Å². The van der Waals surface area contributed by atoms with Crippen LogP contribution in [-0.4, -0.2) is 21.5 Å². The molecular weight excluding hydrogens is 334 g/mol. The molecule has 0 saturated heterocycles. The molecule has 2 aliphatic rings. The fraction of sp³-hybridized carbons (Fsp3) is 0.526. The normalized spacial score (nSPS) is 18.5. The first-order valence-corrected chi connectivity index (χ1v) is 9.50. The van der Waals surface area contributed by atoms with Crippen molar-refractivity contribution in [2.24, 2.45) is 0 Å². The molecule has 1 atom stereocenters. The maximum Gasteiger partial charge on any atom is 0.223 e. The van der Waals surface area contributed by atoms with Gasteiger partial charge in [-0.25, -0.2) is 4.98 Å². The molecule has 132 valence electrons. The molecule has 0 bridgehead atoms. The van der Waals surface area contributed by atoms with Gasteiger partial charge in [0.05, 0.1) is 12.2 Å². The van der Waals surface area contributed by atoms with Crippen LogP contribution in [0.15, 0.2) is 6.20 Å². The summed E-state index contributed by atoms with van der Waals surface area (Å²) in [6, 6.07) is 0. The maximum atomic E-state index is 6.41. The summed E-state index contributed by atoms with van der Waals surface area (Å²) < 4.78 is 0. The van der Waals surface area contributed by atoms with E-state index >= 15 is 0 Å². The van der Waals surface area contributed by atoms with Gasteiger partial charge in [-0.1, -0.05) is 24.9 Å². The number of nitrogens with zero attached hydrogens (tertiary/aromatic N) is 4. The van der Waals surface area contributed by atoms with Crippen LogP contribution in [0.25, 0.3) is 0 Å². The van der Waals surface area contributed by atoms with Crippen LogP contribution < -0.4 is 10.6 Å². The summed E-state index contributed by atoms with van der Waals surface area (Å²) in [7, 11) is 0. The Balaban J connectivity index is 1.69. The third kappa shape index (κ3) is 2.84. The van der Waals surface area contributed by atoms with E-state index in [1.54, 1.807) is 0 Å². The van der Waals surface area contributed by atoms with Crippen molar-refractivity contribution in [3.05, 3.63) is 39.3 Å². The van der Waals surface area contributed by atoms with Crippen LogP contribution >= 0.6 is 11.6 Å². The minimum Gasteiger partial charge on any atom is -0.368 e. The van der Waals surface area contributed by atoms with Crippen molar-refractivity contribution >= 4 is 23.4 Å². The van der Waals surface area contributed by atoms with Gasteiger partial charge in [0.15, 0.2) is 0 Å². The summed E-state index contributed by atoms with van der Waals surface area (Å²) in [6.07, 6.45) is 7.82. The van der Waals surface area contributed by atoms with E-state index in [1.807, 2.05) is 0 Å². The first-order chi connectivity index (χ1) is 12.1. The van der Waals surface area contributed by atoms with Crippen LogP contribution in [0.3, 0.4) is 0 Å². The van der Waals surface area contributed by atoms with Crippen LogP contribution in [-0.2, 0) is 19.4 Å². The number of aromatic nitrogens is 3. The number of pyridine rings is 1. The summed E-state index contributed by atoms with van der Waals surface area (Å²) in [6.45, 7) is 6.05. The highest BCUT2D eigenvalue weighted by molar-refractivity contribution is 6.30. The van der Waals surface area contributed by atoms with E-state index in [4.69, 9.17) is 22.3 Å². The third-order valence-corrected chi connectivity index (χ3v) is 5.83. The van der Waals surface area contributed by atoms with Gasteiger partial charge < -0.3 is 10.6 Å². The van der Waals surface area contributed by atoms with Gasteiger partial charge in [-0.2, -0.15) is 4.98 Å². The fourth-order valence-corrected chi connectivity index (χ4v) is 4.64. The number of halogens is 1. The van der Waals surface area contributed by atoms with Crippen LogP contribution in [0.4, 0.5) is 11.8 Å². The molecule has 1 unspecified atom stereocenters. The lowest BCUT2D eigenvalue weighted by molar-refractivity contribution is 0.622. The third-order valence-electron chi connectivity index (χ3n) is 5.54. The molecule has 4 rings (SSSR count). The lowest BCUT2D eigenvalue weighted by atomic mass is 9.99. The molecule has 2 aromatic rings. The number of nitrogen functional groups attached to an aromatic ring is 1. The van der Waals surface area contributed by atoms with Crippen molar-refractivity contribution in [3.8, 4) is 0 Å². The van der Waals surface area contributed by atoms with Crippen molar-refractivity contribution in [1.29, 1.82) is 0 Å². The number of hydrogen-bond acceptors (Lipinski definition) is 5. The average Bonchev–Trinajstić information content (AvgIpc) is 3.16. The van der Waals surface area contributed by atoms with Crippen LogP contribution in [0.1, 0.15) is 60.1 Å². The molecule has 0 spiro atoms. The summed E-state index contributed by atoms with van der Waals surface area (Å²) in [4.78, 5) is 15.7. The molecule has 3 heterocycles. The van der Waals surface area contributed by atoms with Crippen LogP contribution in [0.5, 0.6) is 0 Å². The van der Waals surface area contributed by atoms with Crippen molar-refractivity contribution in [1.82, 2.24) is 15.0 Å². The van der Waals surface area contributed by atoms with Crippen LogP contribution in [0, 0.1) is 6.92 Å². The van der Waals surface area contributed by atoms with Crippen molar-refractivity contribution in [2.75, 3.05) is 17.2 Å². The Morgan fingerprint density at radius 1 is 1.32 bits per heavy atom. The second kappa shape index (κ2) is 6.45. The topological polar surface area (TPSA) is 67.9 Å². The number of aryl methyl sites for hydroxylation is 1. The largest absolute Gasteiger partial charge is 0.368 e. The molecule has 0 fully saturated rings. The Morgan fingerprint density at radius 2 is 2.16 bits per heavy atom. The predicted octanol–water partition coefficient (Wildman–Crippen LogP) is 3.81. The lowest BCUT2D eigenvalue weighted by Gasteiger charge is -2.20. The van der Waals surface area contributed by atoms with Gasteiger partial charge in [0.2, 0.25) is 5.95 Å². The summed E-state index contributed by atoms with van der Waals surface area (Å²) in [5, 5.41) is 0.502. The molecular formula is C19H24ClN5. The fourth-order valence-electron chi connectivity index (χ4n) is 4.31. The Bertz CT molecular complexity index is 820.